The van der Waals surface area contributed by atoms with Crippen LogP contribution in [0.4, 0.5) is 11.4 Å². The Hall–Kier alpha value is -2.11. The Morgan fingerprint density at radius 2 is 2.20 bits per heavy atom. The molecule has 2 rings (SSSR count). The van der Waals surface area contributed by atoms with E-state index in [1.807, 2.05) is 0 Å². The Labute approximate surface area is 86.2 Å². The molecule has 0 saturated carbocycles. The number of para-hydroxylation sites is 2. The lowest BCUT2D eigenvalue weighted by Crippen LogP contribution is -2.29. The van der Waals surface area contributed by atoms with Gasteiger partial charge in [-0.05, 0) is 6.07 Å². The molecule has 1 heterocycles. The number of nitrogens with one attached hydrogen (secondary N) is 2. The zero-order valence-electron chi connectivity index (χ0n) is 7.93. The van der Waals surface area contributed by atoms with E-state index in [0.717, 1.165) is 0 Å². The highest BCUT2D eigenvalue weighted by Crippen LogP contribution is 2.28. The van der Waals surface area contributed by atoms with Gasteiger partial charge >= 0.3 is 0 Å². The lowest BCUT2D eigenvalue weighted by molar-refractivity contribution is -0.384. The van der Waals surface area contributed by atoms with E-state index in [1.54, 1.807) is 23.1 Å². The number of rotatable bonds is 2. The normalized spacial score (nSPS) is 15.2. The first-order valence-electron chi connectivity index (χ1n) is 4.53. The van der Waals surface area contributed by atoms with Crippen LogP contribution in [0.15, 0.2) is 24.3 Å². The van der Waals surface area contributed by atoms with Gasteiger partial charge in [-0.2, -0.15) is 0 Å². The smallest absolute Gasteiger partial charge is 0.292 e. The molecule has 1 aromatic carbocycles. The van der Waals surface area contributed by atoms with Gasteiger partial charge in [0.25, 0.3) is 5.69 Å². The van der Waals surface area contributed by atoms with Crippen LogP contribution in [-0.4, -0.2) is 24.0 Å². The summed E-state index contributed by atoms with van der Waals surface area (Å²) >= 11 is 0. The minimum absolute atomic E-state index is 0.0333. The molecule has 1 saturated heterocycles. The predicted octanol–water partition coefficient (Wildman–Crippen LogP) is 0.939. The number of hydrogen-bond acceptors (Lipinski definition) is 3. The molecule has 6 heteroatoms. The third kappa shape index (κ3) is 1.61. The number of benzene rings is 1. The molecule has 0 aliphatic carbocycles. The van der Waals surface area contributed by atoms with E-state index in [0.29, 0.717) is 18.8 Å². The van der Waals surface area contributed by atoms with Crippen LogP contribution in [0.1, 0.15) is 0 Å². The third-order valence-corrected chi connectivity index (χ3v) is 2.27. The van der Waals surface area contributed by atoms with Crippen molar-refractivity contribution in [2.75, 3.05) is 18.0 Å². The van der Waals surface area contributed by atoms with Crippen LogP contribution in [0.2, 0.25) is 0 Å². The maximum atomic E-state index is 10.8. The number of nitro benzene ring substituents is 1. The fourth-order valence-corrected chi connectivity index (χ4v) is 1.58. The largest absolute Gasteiger partial charge is 0.354 e. The van der Waals surface area contributed by atoms with Crippen molar-refractivity contribution in [3.05, 3.63) is 34.4 Å². The summed E-state index contributed by atoms with van der Waals surface area (Å²) in [6.45, 7) is 1.23. The van der Waals surface area contributed by atoms with Crippen LogP contribution >= 0.6 is 0 Å². The molecule has 6 nitrogen and oxygen atoms in total. The molecule has 0 radical (unpaired) electrons. The molecule has 1 aromatic rings. The SMILES string of the molecule is N=C1NCCN1c1ccccc1[N+](=O)[O-]. The van der Waals surface area contributed by atoms with Gasteiger partial charge in [-0.1, -0.05) is 12.1 Å². The van der Waals surface area contributed by atoms with Gasteiger partial charge in [0.15, 0.2) is 5.96 Å². The Morgan fingerprint density at radius 3 is 2.80 bits per heavy atom. The van der Waals surface area contributed by atoms with Gasteiger partial charge in [-0.15, -0.1) is 0 Å². The van der Waals surface area contributed by atoms with Crippen molar-refractivity contribution >= 4 is 17.3 Å². The summed E-state index contributed by atoms with van der Waals surface area (Å²) in [5.74, 6) is 0.212. The Morgan fingerprint density at radius 1 is 1.47 bits per heavy atom. The zero-order chi connectivity index (χ0) is 10.8. The molecule has 15 heavy (non-hydrogen) atoms. The quantitative estimate of drug-likeness (QED) is 0.557. The first kappa shape index (κ1) is 9.45. The second-order valence-electron chi connectivity index (χ2n) is 3.17. The molecule has 1 aliphatic heterocycles. The van der Waals surface area contributed by atoms with Gasteiger partial charge in [-0.25, -0.2) is 0 Å². The topological polar surface area (TPSA) is 82.3 Å². The number of nitro groups is 1. The van der Waals surface area contributed by atoms with Crippen LogP contribution in [-0.2, 0) is 0 Å². The van der Waals surface area contributed by atoms with Crippen LogP contribution in [0, 0.1) is 15.5 Å². The molecule has 1 aliphatic rings. The average Bonchev–Trinajstić information content (AvgIpc) is 2.64. The standard InChI is InChI=1S/C9H10N4O2/c10-9-11-5-6-12(9)7-3-1-2-4-8(7)13(14)15/h1-4H,5-6H2,(H2,10,11). The van der Waals surface area contributed by atoms with Crippen LogP contribution in [0.25, 0.3) is 0 Å². The molecular formula is C9H10N4O2. The van der Waals surface area contributed by atoms with Crippen molar-refractivity contribution in [3.63, 3.8) is 0 Å². The second-order valence-corrected chi connectivity index (χ2v) is 3.17. The highest BCUT2D eigenvalue weighted by molar-refractivity contribution is 5.97. The second kappa shape index (κ2) is 3.56. The maximum absolute atomic E-state index is 10.8. The van der Waals surface area contributed by atoms with Crippen molar-refractivity contribution < 1.29 is 4.92 Å². The van der Waals surface area contributed by atoms with E-state index in [-0.39, 0.29) is 11.6 Å². The molecular weight excluding hydrogens is 196 g/mol. The summed E-state index contributed by atoms with van der Waals surface area (Å²) in [6, 6.07) is 6.45. The number of nitrogens with zero attached hydrogens (tertiary/aromatic N) is 2. The highest BCUT2D eigenvalue weighted by atomic mass is 16.6. The summed E-state index contributed by atoms with van der Waals surface area (Å²) in [6.07, 6.45) is 0. The molecule has 0 spiro atoms. The van der Waals surface area contributed by atoms with Gasteiger partial charge < -0.3 is 10.2 Å². The van der Waals surface area contributed by atoms with Crippen LogP contribution in [0.5, 0.6) is 0 Å². The minimum Gasteiger partial charge on any atom is -0.354 e. The van der Waals surface area contributed by atoms with Crippen molar-refractivity contribution in [2.45, 2.75) is 0 Å². The summed E-state index contributed by atoms with van der Waals surface area (Å²) in [5.41, 5.74) is 0.503. The van der Waals surface area contributed by atoms with Gasteiger partial charge in [-0.3, -0.25) is 15.5 Å². The van der Waals surface area contributed by atoms with E-state index < -0.39 is 4.92 Å². The minimum atomic E-state index is -0.430. The van der Waals surface area contributed by atoms with E-state index in [2.05, 4.69) is 5.32 Å². The van der Waals surface area contributed by atoms with E-state index >= 15 is 0 Å². The summed E-state index contributed by atoms with van der Waals surface area (Å²) in [7, 11) is 0. The summed E-state index contributed by atoms with van der Waals surface area (Å²) in [4.78, 5) is 11.9. The fraction of sp³-hybridized carbons (Fsp3) is 0.222. The lowest BCUT2D eigenvalue weighted by atomic mass is 10.2. The molecule has 1 fully saturated rings. The number of guanidine groups is 1. The van der Waals surface area contributed by atoms with E-state index in [1.165, 1.54) is 6.07 Å². The van der Waals surface area contributed by atoms with E-state index in [4.69, 9.17) is 5.41 Å². The first-order chi connectivity index (χ1) is 7.20. The van der Waals surface area contributed by atoms with Crippen molar-refractivity contribution in [1.82, 2.24) is 5.32 Å². The highest BCUT2D eigenvalue weighted by Gasteiger charge is 2.24. The van der Waals surface area contributed by atoms with E-state index in [9.17, 15) is 10.1 Å². The third-order valence-electron chi connectivity index (χ3n) is 2.27. The molecule has 78 valence electrons. The number of hydrogen-bond donors (Lipinski definition) is 2. The van der Waals surface area contributed by atoms with Crippen molar-refractivity contribution in [3.8, 4) is 0 Å². The lowest BCUT2D eigenvalue weighted by Gasteiger charge is -2.15. The van der Waals surface area contributed by atoms with Gasteiger partial charge in [0, 0.05) is 19.2 Å². The van der Waals surface area contributed by atoms with Gasteiger partial charge in [0.1, 0.15) is 5.69 Å². The molecule has 0 atom stereocenters. The summed E-state index contributed by atoms with van der Waals surface area (Å²) in [5, 5.41) is 21.2. The molecule has 2 N–H and O–H groups in total. The zero-order valence-corrected chi connectivity index (χ0v) is 7.93. The van der Waals surface area contributed by atoms with Gasteiger partial charge in [0.05, 0.1) is 4.92 Å². The van der Waals surface area contributed by atoms with Crippen molar-refractivity contribution in [2.24, 2.45) is 0 Å². The monoisotopic (exact) mass is 206 g/mol. The Kier molecular flexibility index (Phi) is 2.24. The molecule has 0 unspecified atom stereocenters. The predicted molar refractivity (Wildman–Crippen MR) is 56.2 cm³/mol. The average molecular weight is 206 g/mol. The summed E-state index contributed by atoms with van der Waals surface area (Å²) < 4.78 is 0. The van der Waals surface area contributed by atoms with Crippen LogP contribution < -0.4 is 10.2 Å². The molecule has 0 aromatic heterocycles. The number of anilines is 1. The first-order valence-corrected chi connectivity index (χ1v) is 4.53. The Bertz CT molecular complexity index is 418. The van der Waals surface area contributed by atoms with Crippen molar-refractivity contribution in [1.29, 1.82) is 5.41 Å². The maximum Gasteiger partial charge on any atom is 0.292 e. The molecule has 0 amide bonds. The van der Waals surface area contributed by atoms with Gasteiger partial charge in [0.2, 0.25) is 0 Å². The fourth-order valence-electron chi connectivity index (χ4n) is 1.58. The Balaban J connectivity index is 2.42. The van der Waals surface area contributed by atoms with Crippen LogP contribution in [0.3, 0.4) is 0 Å². The molecule has 0 bridgehead atoms.